The van der Waals surface area contributed by atoms with E-state index in [0.717, 1.165) is 12.0 Å². The molecule has 0 aromatic heterocycles. The second kappa shape index (κ2) is 5.13. The Morgan fingerprint density at radius 2 is 1.86 bits per heavy atom. The predicted molar refractivity (Wildman–Crippen MR) is 60.5 cm³/mol. The molecule has 2 heteroatoms. The van der Waals surface area contributed by atoms with Gasteiger partial charge in [0.15, 0.2) is 0 Å². The summed E-state index contributed by atoms with van der Waals surface area (Å²) in [6.45, 7) is 7.60. The number of rotatable bonds is 2. The van der Waals surface area contributed by atoms with Gasteiger partial charge in [0.2, 0.25) is 0 Å². The summed E-state index contributed by atoms with van der Waals surface area (Å²) in [4.78, 5) is 2.67. The second-order valence-electron chi connectivity index (χ2n) is 5.04. The fourth-order valence-electron chi connectivity index (χ4n) is 2.74. The summed E-state index contributed by atoms with van der Waals surface area (Å²) in [5, 5.41) is 3.63. The van der Waals surface area contributed by atoms with Crippen molar-refractivity contribution in [1.29, 1.82) is 0 Å². The van der Waals surface area contributed by atoms with Gasteiger partial charge in [0, 0.05) is 12.6 Å². The third-order valence-corrected chi connectivity index (χ3v) is 3.85. The lowest BCUT2D eigenvalue weighted by molar-refractivity contribution is 0.242. The molecule has 0 aliphatic carbocycles. The van der Waals surface area contributed by atoms with Gasteiger partial charge in [-0.3, -0.25) is 0 Å². The first-order valence-corrected chi connectivity index (χ1v) is 6.32. The predicted octanol–water partition coefficient (Wildman–Crippen LogP) is 1.86. The Balaban J connectivity index is 1.77. The van der Waals surface area contributed by atoms with Gasteiger partial charge in [-0.2, -0.15) is 0 Å². The molecule has 2 unspecified atom stereocenters. The second-order valence-corrected chi connectivity index (χ2v) is 5.04. The molecule has 14 heavy (non-hydrogen) atoms. The van der Waals surface area contributed by atoms with Crippen LogP contribution in [0.1, 0.15) is 39.0 Å². The minimum Gasteiger partial charge on any atom is -0.312 e. The standard InChI is InChI=1S/C12H24N2/c1-11-6-7-13-12(11)10-14-8-4-2-3-5-9-14/h11-13H,2-10H2,1H3. The SMILES string of the molecule is CC1CCNC1CN1CCCCCC1. The Labute approximate surface area is 88.1 Å². The van der Waals surface area contributed by atoms with Gasteiger partial charge in [0.1, 0.15) is 0 Å². The lowest BCUT2D eigenvalue weighted by Gasteiger charge is -2.26. The van der Waals surface area contributed by atoms with Gasteiger partial charge in [-0.15, -0.1) is 0 Å². The van der Waals surface area contributed by atoms with Crippen LogP contribution in [0.25, 0.3) is 0 Å². The molecule has 2 aliphatic rings. The van der Waals surface area contributed by atoms with E-state index in [4.69, 9.17) is 0 Å². The molecule has 2 rings (SSSR count). The molecule has 0 spiro atoms. The molecule has 0 radical (unpaired) electrons. The third kappa shape index (κ3) is 2.71. The third-order valence-electron chi connectivity index (χ3n) is 3.85. The van der Waals surface area contributed by atoms with Crippen molar-refractivity contribution >= 4 is 0 Å². The summed E-state index contributed by atoms with van der Waals surface area (Å²) in [7, 11) is 0. The highest BCUT2D eigenvalue weighted by molar-refractivity contribution is 4.83. The Bertz CT molecular complexity index is 162. The van der Waals surface area contributed by atoms with Gasteiger partial charge in [-0.1, -0.05) is 19.8 Å². The largest absolute Gasteiger partial charge is 0.312 e. The van der Waals surface area contributed by atoms with Crippen LogP contribution in [-0.4, -0.2) is 37.1 Å². The Morgan fingerprint density at radius 3 is 2.43 bits per heavy atom. The van der Waals surface area contributed by atoms with E-state index in [-0.39, 0.29) is 0 Å². The maximum absolute atomic E-state index is 3.63. The first kappa shape index (κ1) is 10.4. The van der Waals surface area contributed by atoms with Crippen LogP contribution in [0.3, 0.4) is 0 Å². The van der Waals surface area contributed by atoms with E-state index in [1.807, 2.05) is 0 Å². The zero-order valence-corrected chi connectivity index (χ0v) is 9.47. The number of hydrogen-bond acceptors (Lipinski definition) is 2. The van der Waals surface area contributed by atoms with Crippen LogP contribution >= 0.6 is 0 Å². The van der Waals surface area contributed by atoms with E-state index in [1.54, 1.807) is 0 Å². The summed E-state index contributed by atoms with van der Waals surface area (Å²) in [6.07, 6.45) is 7.11. The van der Waals surface area contributed by atoms with Crippen LogP contribution in [0.4, 0.5) is 0 Å². The number of nitrogens with one attached hydrogen (secondary N) is 1. The van der Waals surface area contributed by atoms with E-state index in [1.165, 1.54) is 58.3 Å². The van der Waals surface area contributed by atoms with Crippen molar-refractivity contribution in [2.24, 2.45) is 5.92 Å². The number of hydrogen-bond donors (Lipinski definition) is 1. The monoisotopic (exact) mass is 196 g/mol. The molecular formula is C12H24N2. The van der Waals surface area contributed by atoms with Crippen LogP contribution < -0.4 is 5.32 Å². The molecule has 0 aromatic carbocycles. The van der Waals surface area contributed by atoms with Crippen molar-refractivity contribution < 1.29 is 0 Å². The first-order chi connectivity index (χ1) is 6.86. The van der Waals surface area contributed by atoms with Crippen molar-refractivity contribution in [2.75, 3.05) is 26.2 Å². The molecule has 1 N–H and O–H groups in total. The molecule has 2 fully saturated rings. The van der Waals surface area contributed by atoms with Gasteiger partial charge in [-0.05, 0) is 44.8 Å². The molecule has 82 valence electrons. The summed E-state index contributed by atoms with van der Waals surface area (Å²) in [6, 6.07) is 0.771. The Kier molecular flexibility index (Phi) is 3.82. The van der Waals surface area contributed by atoms with Crippen LogP contribution in [0.5, 0.6) is 0 Å². The van der Waals surface area contributed by atoms with Crippen molar-refractivity contribution in [3.63, 3.8) is 0 Å². The molecule has 2 heterocycles. The lowest BCUT2D eigenvalue weighted by atomic mass is 10.0. The summed E-state index contributed by atoms with van der Waals surface area (Å²) in [5.41, 5.74) is 0. The van der Waals surface area contributed by atoms with E-state index in [0.29, 0.717) is 0 Å². The molecule has 2 atom stereocenters. The smallest absolute Gasteiger partial charge is 0.0221 e. The molecule has 2 saturated heterocycles. The molecule has 0 aromatic rings. The molecule has 2 aliphatic heterocycles. The molecular weight excluding hydrogens is 172 g/mol. The molecule has 0 saturated carbocycles. The summed E-state index contributed by atoms with van der Waals surface area (Å²) in [5.74, 6) is 0.887. The average Bonchev–Trinajstić information content (AvgIpc) is 2.44. The van der Waals surface area contributed by atoms with Crippen molar-refractivity contribution in [3.8, 4) is 0 Å². The fraction of sp³-hybridized carbons (Fsp3) is 1.00. The number of likely N-dealkylation sites (tertiary alicyclic amines) is 1. The topological polar surface area (TPSA) is 15.3 Å². The van der Waals surface area contributed by atoms with Gasteiger partial charge >= 0.3 is 0 Å². The van der Waals surface area contributed by atoms with E-state index >= 15 is 0 Å². The van der Waals surface area contributed by atoms with Crippen LogP contribution in [0.2, 0.25) is 0 Å². The maximum atomic E-state index is 3.63. The zero-order chi connectivity index (χ0) is 9.80. The van der Waals surface area contributed by atoms with Crippen LogP contribution in [0.15, 0.2) is 0 Å². The summed E-state index contributed by atoms with van der Waals surface area (Å²) >= 11 is 0. The van der Waals surface area contributed by atoms with E-state index in [9.17, 15) is 0 Å². The van der Waals surface area contributed by atoms with Gasteiger partial charge < -0.3 is 10.2 Å². The van der Waals surface area contributed by atoms with Crippen molar-refractivity contribution in [2.45, 2.75) is 45.1 Å². The lowest BCUT2D eigenvalue weighted by Crippen LogP contribution is -2.40. The summed E-state index contributed by atoms with van der Waals surface area (Å²) < 4.78 is 0. The highest BCUT2D eigenvalue weighted by Crippen LogP contribution is 2.17. The molecule has 0 amide bonds. The molecule has 2 nitrogen and oxygen atoms in total. The Morgan fingerprint density at radius 1 is 1.14 bits per heavy atom. The quantitative estimate of drug-likeness (QED) is 0.725. The van der Waals surface area contributed by atoms with Crippen LogP contribution in [-0.2, 0) is 0 Å². The van der Waals surface area contributed by atoms with Gasteiger partial charge in [0.25, 0.3) is 0 Å². The number of nitrogens with zero attached hydrogens (tertiary/aromatic N) is 1. The highest BCUT2D eigenvalue weighted by atomic mass is 15.2. The fourth-order valence-corrected chi connectivity index (χ4v) is 2.74. The zero-order valence-electron chi connectivity index (χ0n) is 9.47. The van der Waals surface area contributed by atoms with Crippen molar-refractivity contribution in [3.05, 3.63) is 0 Å². The minimum absolute atomic E-state index is 0.771. The van der Waals surface area contributed by atoms with E-state index < -0.39 is 0 Å². The van der Waals surface area contributed by atoms with Crippen LogP contribution in [0, 0.1) is 5.92 Å². The maximum Gasteiger partial charge on any atom is 0.0221 e. The normalized spacial score (nSPS) is 35.8. The minimum atomic E-state index is 0.771. The average molecular weight is 196 g/mol. The Hall–Kier alpha value is -0.0800. The first-order valence-electron chi connectivity index (χ1n) is 6.32. The van der Waals surface area contributed by atoms with Gasteiger partial charge in [-0.25, -0.2) is 0 Å². The van der Waals surface area contributed by atoms with Crippen molar-refractivity contribution in [1.82, 2.24) is 10.2 Å². The molecule has 0 bridgehead atoms. The van der Waals surface area contributed by atoms with Gasteiger partial charge in [0.05, 0.1) is 0 Å². The highest BCUT2D eigenvalue weighted by Gasteiger charge is 2.24. The van der Waals surface area contributed by atoms with E-state index in [2.05, 4.69) is 17.1 Å².